The van der Waals surface area contributed by atoms with Crippen LogP contribution in [0.5, 0.6) is 11.5 Å². The van der Waals surface area contributed by atoms with E-state index in [-0.39, 0.29) is 6.61 Å². The number of para-hydroxylation sites is 1. The Morgan fingerprint density at radius 2 is 2.00 bits per heavy atom. The zero-order valence-electron chi connectivity index (χ0n) is 12.6. The van der Waals surface area contributed by atoms with Gasteiger partial charge in [0.2, 0.25) is 0 Å². The standard InChI is InChI=1S/C17H17NO3S2/c1-20-13-5-4-6-14(9-13)21-10-12(19)11-22-17-18-15-7-2-3-8-16(15)23-17/h2-9,12,19H,10-11H2,1H3. The van der Waals surface area contributed by atoms with Crippen molar-refractivity contribution >= 4 is 33.3 Å². The third-order valence-electron chi connectivity index (χ3n) is 3.16. The number of aliphatic hydroxyl groups is 1. The summed E-state index contributed by atoms with van der Waals surface area (Å²) in [6, 6.07) is 15.4. The zero-order valence-corrected chi connectivity index (χ0v) is 14.3. The number of aliphatic hydroxyl groups excluding tert-OH is 1. The molecule has 0 aliphatic heterocycles. The third kappa shape index (κ3) is 4.37. The Hall–Kier alpha value is -1.76. The molecule has 2 aromatic carbocycles. The number of hydrogen-bond acceptors (Lipinski definition) is 6. The molecule has 1 N–H and O–H groups in total. The van der Waals surface area contributed by atoms with Gasteiger partial charge in [-0.2, -0.15) is 0 Å². The smallest absolute Gasteiger partial charge is 0.151 e. The van der Waals surface area contributed by atoms with E-state index in [1.165, 1.54) is 0 Å². The number of thioether (sulfide) groups is 1. The van der Waals surface area contributed by atoms with Crippen molar-refractivity contribution in [2.75, 3.05) is 19.5 Å². The summed E-state index contributed by atoms with van der Waals surface area (Å²) in [5.74, 6) is 1.97. The molecule has 0 bridgehead atoms. The van der Waals surface area contributed by atoms with E-state index in [9.17, 15) is 5.11 Å². The maximum atomic E-state index is 10.1. The van der Waals surface area contributed by atoms with Crippen molar-refractivity contribution in [1.29, 1.82) is 0 Å². The molecule has 0 saturated carbocycles. The van der Waals surface area contributed by atoms with Crippen LogP contribution < -0.4 is 9.47 Å². The van der Waals surface area contributed by atoms with E-state index in [0.717, 1.165) is 20.3 Å². The van der Waals surface area contributed by atoms with Crippen molar-refractivity contribution in [1.82, 2.24) is 4.98 Å². The number of aromatic nitrogens is 1. The van der Waals surface area contributed by atoms with Gasteiger partial charge >= 0.3 is 0 Å². The van der Waals surface area contributed by atoms with Crippen molar-refractivity contribution < 1.29 is 14.6 Å². The SMILES string of the molecule is COc1cccc(OCC(O)CSc2nc3ccccc3s2)c1. The molecule has 6 heteroatoms. The first-order valence-corrected chi connectivity index (χ1v) is 8.98. The second kappa shape index (κ2) is 7.68. The van der Waals surface area contributed by atoms with Crippen LogP contribution in [0.25, 0.3) is 10.2 Å². The van der Waals surface area contributed by atoms with E-state index >= 15 is 0 Å². The van der Waals surface area contributed by atoms with Crippen molar-refractivity contribution in [3.8, 4) is 11.5 Å². The van der Waals surface area contributed by atoms with Gasteiger partial charge < -0.3 is 14.6 Å². The minimum absolute atomic E-state index is 0.241. The summed E-state index contributed by atoms with van der Waals surface area (Å²) < 4.78 is 12.9. The molecule has 120 valence electrons. The first-order chi connectivity index (χ1) is 11.2. The Morgan fingerprint density at radius 1 is 1.17 bits per heavy atom. The molecule has 4 nitrogen and oxygen atoms in total. The molecular weight excluding hydrogens is 330 g/mol. The molecule has 3 rings (SSSR count). The number of fused-ring (bicyclic) bond motifs is 1. The van der Waals surface area contributed by atoms with Crippen LogP contribution in [0.15, 0.2) is 52.9 Å². The first kappa shape index (κ1) is 16.1. The topological polar surface area (TPSA) is 51.6 Å². The molecule has 0 amide bonds. The highest BCUT2D eigenvalue weighted by Gasteiger charge is 2.10. The zero-order chi connectivity index (χ0) is 16.1. The lowest BCUT2D eigenvalue weighted by atomic mass is 10.3. The summed E-state index contributed by atoms with van der Waals surface area (Å²) in [6.07, 6.45) is -0.557. The van der Waals surface area contributed by atoms with Gasteiger partial charge in [0.05, 0.1) is 23.4 Å². The summed E-state index contributed by atoms with van der Waals surface area (Å²) in [5, 5.41) is 10.1. The molecule has 0 spiro atoms. The highest BCUT2D eigenvalue weighted by molar-refractivity contribution is 8.01. The highest BCUT2D eigenvalue weighted by atomic mass is 32.2. The van der Waals surface area contributed by atoms with E-state index in [4.69, 9.17) is 9.47 Å². The maximum Gasteiger partial charge on any atom is 0.151 e. The van der Waals surface area contributed by atoms with E-state index in [1.54, 1.807) is 36.3 Å². The molecule has 0 saturated heterocycles. The Morgan fingerprint density at radius 3 is 2.83 bits per heavy atom. The van der Waals surface area contributed by atoms with Gasteiger partial charge in [0.15, 0.2) is 4.34 Å². The molecule has 1 atom stereocenters. The third-order valence-corrected chi connectivity index (χ3v) is 5.48. The number of thiazole rings is 1. The average Bonchev–Trinajstić information content (AvgIpc) is 3.01. The summed E-state index contributed by atoms with van der Waals surface area (Å²) in [5.41, 5.74) is 1.00. The van der Waals surface area contributed by atoms with Crippen molar-refractivity contribution in [3.63, 3.8) is 0 Å². The summed E-state index contributed by atoms with van der Waals surface area (Å²) in [6.45, 7) is 0.241. The fourth-order valence-corrected chi connectivity index (χ4v) is 4.01. The van der Waals surface area contributed by atoms with Crippen LogP contribution in [-0.2, 0) is 0 Å². The fourth-order valence-electron chi connectivity index (χ4n) is 2.01. The Kier molecular flexibility index (Phi) is 5.38. The molecule has 0 aliphatic rings. The van der Waals surface area contributed by atoms with Gasteiger partial charge in [-0.3, -0.25) is 0 Å². The monoisotopic (exact) mass is 347 g/mol. The second-order valence-corrected chi connectivity index (χ2v) is 7.20. The Labute approximate surface area is 143 Å². The van der Waals surface area contributed by atoms with Crippen molar-refractivity contribution in [2.45, 2.75) is 10.4 Å². The van der Waals surface area contributed by atoms with Gasteiger partial charge in [0.25, 0.3) is 0 Å². The predicted octanol–water partition coefficient (Wildman–Crippen LogP) is 3.84. The molecule has 23 heavy (non-hydrogen) atoms. The van der Waals surface area contributed by atoms with E-state index in [0.29, 0.717) is 11.5 Å². The van der Waals surface area contributed by atoms with Gasteiger partial charge in [-0.25, -0.2) is 4.98 Å². The van der Waals surface area contributed by atoms with E-state index in [2.05, 4.69) is 11.1 Å². The molecule has 0 aliphatic carbocycles. The minimum Gasteiger partial charge on any atom is -0.497 e. The van der Waals surface area contributed by atoms with Gasteiger partial charge in [0, 0.05) is 11.8 Å². The molecule has 1 heterocycles. The lowest BCUT2D eigenvalue weighted by Crippen LogP contribution is -2.20. The number of rotatable bonds is 7. The number of nitrogens with zero attached hydrogens (tertiary/aromatic N) is 1. The van der Waals surface area contributed by atoms with Crippen LogP contribution in [0, 0.1) is 0 Å². The number of benzene rings is 2. The number of methoxy groups -OCH3 is 1. The Balaban J connectivity index is 1.50. The van der Waals surface area contributed by atoms with Gasteiger partial charge in [-0.15, -0.1) is 11.3 Å². The molecule has 1 unspecified atom stereocenters. The predicted molar refractivity (Wildman–Crippen MR) is 94.8 cm³/mol. The summed E-state index contributed by atoms with van der Waals surface area (Å²) >= 11 is 3.19. The van der Waals surface area contributed by atoms with E-state index < -0.39 is 6.10 Å². The first-order valence-electron chi connectivity index (χ1n) is 7.18. The van der Waals surface area contributed by atoms with Crippen LogP contribution >= 0.6 is 23.1 Å². The lowest BCUT2D eigenvalue weighted by molar-refractivity contribution is 0.126. The molecular formula is C17H17NO3S2. The number of ether oxygens (including phenoxy) is 2. The van der Waals surface area contributed by atoms with Crippen LogP contribution in [-0.4, -0.2) is 35.7 Å². The summed E-state index contributed by atoms with van der Waals surface area (Å²) in [7, 11) is 1.61. The number of hydrogen-bond donors (Lipinski definition) is 1. The normalized spacial score (nSPS) is 12.3. The van der Waals surface area contributed by atoms with Crippen molar-refractivity contribution in [2.24, 2.45) is 0 Å². The molecule has 3 aromatic rings. The van der Waals surface area contributed by atoms with Crippen LogP contribution in [0.4, 0.5) is 0 Å². The molecule has 0 fully saturated rings. The van der Waals surface area contributed by atoms with Crippen LogP contribution in [0.1, 0.15) is 0 Å². The largest absolute Gasteiger partial charge is 0.497 e. The molecule has 1 aromatic heterocycles. The van der Waals surface area contributed by atoms with Gasteiger partial charge in [-0.05, 0) is 24.3 Å². The fraction of sp³-hybridized carbons (Fsp3) is 0.235. The van der Waals surface area contributed by atoms with E-state index in [1.807, 2.05) is 36.4 Å². The van der Waals surface area contributed by atoms with Crippen LogP contribution in [0.2, 0.25) is 0 Å². The molecule has 0 radical (unpaired) electrons. The summed E-state index contributed by atoms with van der Waals surface area (Å²) in [4.78, 5) is 4.54. The maximum absolute atomic E-state index is 10.1. The Bertz CT molecular complexity index is 742. The quantitative estimate of drug-likeness (QED) is 0.658. The lowest BCUT2D eigenvalue weighted by Gasteiger charge is -2.12. The van der Waals surface area contributed by atoms with Gasteiger partial charge in [-0.1, -0.05) is 30.0 Å². The van der Waals surface area contributed by atoms with Crippen LogP contribution in [0.3, 0.4) is 0 Å². The second-order valence-electron chi connectivity index (χ2n) is 4.90. The van der Waals surface area contributed by atoms with Crippen molar-refractivity contribution in [3.05, 3.63) is 48.5 Å². The minimum atomic E-state index is -0.557. The van der Waals surface area contributed by atoms with Gasteiger partial charge in [0.1, 0.15) is 18.1 Å². The average molecular weight is 347 g/mol. The highest BCUT2D eigenvalue weighted by Crippen LogP contribution is 2.29.